The van der Waals surface area contributed by atoms with Gasteiger partial charge in [0.15, 0.2) is 0 Å². The number of pyridine rings is 1. The van der Waals surface area contributed by atoms with Gasteiger partial charge in [-0.25, -0.2) is 4.98 Å². The Morgan fingerprint density at radius 3 is 2.47 bits per heavy atom. The molecular formula is C24H19N5O. The molecule has 4 rings (SSSR count). The van der Waals surface area contributed by atoms with E-state index in [0.717, 1.165) is 39.3 Å². The maximum Gasteiger partial charge on any atom is 0.142 e. The summed E-state index contributed by atoms with van der Waals surface area (Å²) in [6.07, 6.45) is 6.01. The zero-order chi connectivity index (χ0) is 21.4. The van der Waals surface area contributed by atoms with Crippen LogP contribution in [0.15, 0.2) is 48.3 Å². The number of nitrogens with two attached hydrogens (primary N) is 1. The molecule has 2 heterocycles. The number of fused-ring (bicyclic) bond motifs is 1. The van der Waals surface area contributed by atoms with E-state index in [1.54, 1.807) is 7.11 Å². The smallest absolute Gasteiger partial charge is 0.142 e. The molecule has 0 radical (unpaired) electrons. The maximum atomic E-state index is 9.68. The maximum absolute atomic E-state index is 9.68. The van der Waals surface area contributed by atoms with E-state index in [4.69, 9.17) is 10.5 Å². The topological polar surface area (TPSA) is 101 Å². The van der Waals surface area contributed by atoms with E-state index in [0.29, 0.717) is 16.8 Å². The van der Waals surface area contributed by atoms with E-state index >= 15 is 0 Å². The fourth-order valence-electron chi connectivity index (χ4n) is 3.78. The van der Waals surface area contributed by atoms with Crippen molar-refractivity contribution in [3.05, 3.63) is 76.2 Å². The van der Waals surface area contributed by atoms with Crippen LogP contribution in [0.25, 0.3) is 22.9 Å². The standard InChI is InChI=1S/C24H19N5O/c1-14-19(22-15(2)21(12-26)24(27)28-23(22)20(14)11-25)10-16-8-9-29(13-16)17-4-6-18(30-3)7-5-17/h4-10,13H,1-3H3,(H2,27,28)/b19-10+. The Morgan fingerprint density at radius 1 is 1.10 bits per heavy atom. The van der Waals surface area contributed by atoms with Crippen LogP contribution in [0.3, 0.4) is 0 Å². The molecule has 2 N–H and O–H groups in total. The molecule has 0 unspecified atom stereocenters. The van der Waals surface area contributed by atoms with Gasteiger partial charge in [0, 0.05) is 23.6 Å². The van der Waals surface area contributed by atoms with Crippen molar-refractivity contribution in [3.63, 3.8) is 0 Å². The van der Waals surface area contributed by atoms with Crippen LogP contribution in [0.5, 0.6) is 5.75 Å². The molecule has 3 aromatic rings. The van der Waals surface area contributed by atoms with Crippen LogP contribution in [0.2, 0.25) is 0 Å². The first-order valence-corrected chi connectivity index (χ1v) is 9.34. The molecule has 146 valence electrons. The van der Waals surface area contributed by atoms with E-state index in [1.165, 1.54) is 0 Å². The number of ether oxygens (including phenoxy) is 1. The van der Waals surface area contributed by atoms with Gasteiger partial charge in [0.2, 0.25) is 0 Å². The van der Waals surface area contributed by atoms with Crippen molar-refractivity contribution < 1.29 is 4.74 Å². The van der Waals surface area contributed by atoms with Crippen molar-refractivity contribution in [3.8, 4) is 23.6 Å². The third kappa shape index (κ3) is 2.92. The largest absolute Gasteiger partial charge is 0.497 e. The van der Waals surface area contributed by atoms with Crippen molar-refractivity contribution in [2.75, 3.05) is 12.8 Å². The number of anilines is 1. The molecule has 2 aromatic heterocycles. The Hall–Kier alpha value is -4.29. The Labute approximate surface area is 174 Å². The van der Waals surface area contributed by atoms with E-state index < -0.39 is 0 Å². The number of nitrogens with zero attached hydrogens (tertiary/aromatic N) is 4. The molecule has 1 aromatic carbocycles. The number of allylic oxidation sites excluding steroid dienone is 3. The van der Waals surface area contributed by atoms with Crippen LogP contribution >= 0.6 is 0 Å². The van der Waals surface area contributed by atoms with Gasteiger partial charge in [-0.2, -0.15) is 10.5 Å². The fraction of sp³-hybridized carbons (Fsp3) is 0.125. The number of benzene rings is 1. The normalized spacial score (nSPS) is 13.8. The summed E-state index contributed by atoms with van der Waals surface area (Å²) in [6, 6.07) is 14.2. The average molecular weight is 393 g/mol. The van der Waals surface area contributed by atoms with Crippen molar-refractivity contribution in [1.82, 2.24) is 9.55 Å². The molecule has 0 bridgehead atoms. The van der Waals surface area contributed by atoms with Crippen molar-refractivity contribution in [2.24, 2.45) is 0 Å². The first kappa shape index (κ1) is 19.0. The van der Waals surface area contributed by atoms with E-state index in [9.17, 15) is 10.5 Å². The van der Waals surface area contributed by atoms with Gasteiger partial charge in [0.1, 0.15) is 23.7 Å². The fourth-order valence-corrected chi connectivity index (χ4v) is 3.78. The number of hydrogen-bond acceptors (Lipinski definition) is 5. The quantitative estimate of drug-likeness (QED) is 0.706. The molecule has 0 amide bonds. The zero-order valence-electron chi connectivity index (χ0n) is 16.9. The minimum atomic E-state index is 0.154. The molecule has 30 heavy (non-hydrogen) atoms. The average Bonchev–Trinajstić information content (AvgIpc) is 3.31. The lowest BCUT2D eigenvalue weighted by Gasteiger charge is -2.10. The van der Waals surface area contributed by atoms with E-state index in [2.05, 4.69) is 17.1 Å². The van der Waals surface area contributed by atoms with Crippen molar-refractivity contribution >= 4 is 23.0 Å². The van der Waals surface area contributed by atoms with Crippen LogP contribution in [0.4, 0.5) is 5.82 Å². The van der Waals surface area contributed by atoms with Crippen molar-refractivity contribution in [1.29, 1.82) is 10.5 Å². The predicted octanol–water partition coefficient (Wildman–Crippen LogP) is 4.49. The summed E-state index contributed by atoms with van der Waals surface area (Å²) in [4.78, 5) is 4.37. The van der Waals surface area contributed by atoms with Crippen LogP contribution < -0.4 is 10.5 Å². The minimum absolute atomic E-state index is 0.154. The number of hydrogen-bond donors (Lipinski definition) is 1. The number of rotatable bonds is 3. The molecule has 0 atom stereocenters. The highest BCUT2D eigenvalue weighted by Gasteiger charge is 2.29. The zero-order valence-corrected chi connectivity index (χ0v) is 16.9. The van der Waals surface area contributed by atoms with Crippen LogP contribution in [-0.4, -0.2) is 16.7 Å². The third-order valence-electron chi connectivity index (χ3n) is 5.38. The Balaban J connectivity index is 1.82. The van der Waals surface area contributed by atoms with Crippen molar-refractivity contribution in [2.45, 2.75) is 13.8 Å². The van der Waals surface area contributed by atoms with Gasteiger partial charge in [-0.1, -0.05) is 0 Å². The third-order valence-corrected chi connectivity index (χ3v) is 5.38. The number of nitrogen functional groups attached to an aromatic ring is 1. The molecular weight excluding hydrogens is 374 g/mol. The molecule has 6 heteroatoms. The second-order valence-corrected chi connectivity index (χ2v) is 7.05. The Bertz CT molecular complexity index is 1310. The molecule has 0 spiro atoms. The lowest BCUT2D eigenvalue weighted by atomic mass is 9.96. The van der Waals surface area contributed by atoms with E-state index in [1.807, 2.05) is 67.2 Å². The second-order valence-electron chi connectivity index (χ2n) is 7.05. The SMILES string of the molecule is COc1ccc(-n2ccc(/C=C3\C(C)=C(C#N)c4nc(N)c(C#N)c(C)c43)c2)cc1. The van der Waals surface area contributed by atoms with Gasteiger partial charge in [0.25, 0.3) is 0 Å². The monoisotopic (exact) mass is 393 g/mol. The molecule has 6 nitrogen and oxygen atoms in total. The lowest BCUT2D eigenvalue weighted by molar-refractivity contribution is 0.415. The number of aromatic nitrogens is 2. The molecule has 1 aliphatic carbocycles. The Kier molecular flexibility index (Phi) is 4.62. The molecule has 1 aliphatic rings. The lowest BCUT2D eigenvalue weighted by Crippen LogP contribution is -2.03. The van der Waals surface area contributed by atoms with E-state index in [-0.39, 0.29) is 5.82 Å². The highest BCUT2D eigenvalue weighted by Crippen LogP contribution is 2.44. The summed E-state index contributed by atoms with van der Waals surface area (Å²) in [5, 5.41) is 19.2. The van der Waals surface area contributed by atoms with Gasteiger partial charge in [0.05, 0.1) is 23.9 Å². The van der Waals surface area contributed by atoms with Crippen LogP contribution in [0, 0.1) is 29.6 Å². The number of nitriles is 2. The molecule has 0 aliphatic heterocycles. The van der Waals surface area contributed by atoms with Gasteiger partial charge >= 0.3 is 0 Å². The van der Waals surface area contributed by atoms with Gasteiger partial charge in [-0.05, 0) is 72.5 Å². The number of methoxy groups -OCH3 is 1. The van der Waals surface area contributed by atoms with Crippen LogP contribution in [-0.2, 0) is 0 Å². The molecule has 0 saturated heterocycles. The first-order chi connectivity index (χ1) is 14.5. The van der Waals surface area contributed by atoms with Gasteiger partial charge in [-0.3, -0.25) is 0 Å². The summed E-state index contributed by atoms with van der Waals surface area (Å²) in [7, 11) is 1.64. The van der Waals surface area contributed by atoms with Gasteiger partial charge < -0.3 is 15.0 Å². The molecule has 0 fully saturated rings. The Morgan fingerprint density at radius 2 is 1.83 bits per heavy atom. The predicted molar refractivity (Wildman–Crippen MR) is 117 cm³/mol. The summed E-state index contributed by atoms with van der Waals surface area (Å²) in [6.45, 7) is 3.74. The molecule has 0 saturated carbocycles. The van der Waals surface area contributed by atoms with Crippen LogP contribution in [0.1, 0.15) is 34.9 Å². The first-order valence-electron chi connectivity index (χ1n) is 9.34. The van der Waals surface area contributed by atoms with Gasteiger partial charge in [-0.15, -0.1) is 0 Å². The highest BCUT2D eigenvalue weighted by molar-refractivity contribution is 6.08. The highest BCUT2D eigenvalue weighted by atomic mass is 16.5. The summed E-state index contributed by atoms with van der Waals surface area (Å²) in [5.74, 6) is 0.956. The minimum Gasteiger partial charge on any atom is -0.497 e. The summed E-state index contributed by atoms with van der Waals surface area (Å²) < 4.78 is 7.23. The summed E-state index contributed by atoms with van der Waals surface area (Å²) in [5.41, 5.74) is 12.6. The summed E-state index contributed by atoms with van der Waals surface area (Å²) >= 11 is 0. The second kappa shape index (κ2) is 7.27.